The van der Waals surface area contributed by atoms with Gasteiger partial charge in [-0.2, -0.15) is 0 Å². The van der Waals surface area contributed by atoms with Crippen molar-refractivity contribution in [2.24, 2.45) is 0 Å². The zero-order valence-corrected chi connectivity index (χ0v) is 14.9. The van der Waals surface area contributed by atoms with Gasteiger partial charge in [0, 0.05) is 24.5 Å². The minimum atomic E-state index is -0.152. The van der Waals surface area contributed by atoms with Crippen LogP contribution in [0.4, 0.5) is 11.5 Å². The molecular formula is C21H19N3O3. The predicted octanol–water partition coefficient (Wildman–Crippen LogP) is 3.79. The van der Waals surface area contributed by atoms with Crippen LogP contribution in [0.3, 0.4) is 0 Å². The monoisotopic (exact) mass is 361 g/mol. The Morgan fingerprint density at radius 3 is 2.74 bits per heavy atom. The molecule has 2 N–H and O–H groups in total. The van der Waals surface area contributed by atoms with Gasteiger partial charge in [0.2, 0.25) is 6.79 Å². The molecule has 136 valence electrons. The van der Waals surface area contributed by atoms with Crippen LogP contribution in [-0.4, -0.2) is 17.7 Å². The molecule has 1 amide bonds. The largest absolute Gasteiger partial charge is 0.454 e. The van der Waals surface area contributed by atoms with Crippen molar-refractivity contribution in [1.82, 2.24) is 10.3 Å². The van der Waals surface area contributed by atoms with Gasteiger partial charge in [-0.05, 0) is 42.3 Å². The molecule has 0 spiro atoms. The van der Waals surface area contributed by atoms with Crippen molar-refractivity contribution in [3.05, 3.63) is 77.5 Å². The summed E-state index contributed by atoms with van der Waals surface area (Å²) in [7, 11) is 0. The number of hydrogen-bond donors (Lipinski definition) is 2. The highest BCUT2D eigenvalue weighted by Crippen LogP contribution is 2.34. The van der Waals surface area contributed by atoms with E-state index in [9.17, 15) is 4.79 Å². The molecule has 0 saturated heterocycles. The SMILES string of the molecule is Cc1ccccc1CNC(=O)c1ccc(Nc2ccc3c(c2)OCO3)nc1. The van der Waals surface area contributed by atoms with Crippen LogP contribution < -0.4 is 20.1 Å². The quantitative estimate of drug-likeness (QED) is 0.723. The zero-order valence-electron chi connectivity index (χ0n) is 14.9. The molecule has 6 heteroatoms. The Balaban J connectivity index is 1.38. The number of amides is 1. The van der Waals surface area contributed by atoms with Crippen molar-refractivity contribution in [3.8, 4) is 11.5 Å². The summed E-state index contributed by atoms with van der Waals surface area (Å²) < 4.78 is 10.7. The molecule has 3 aromatic rings. The molecule has 0 saturated carbocycles. The highest BCUT2D eigenvalue weighted by atomic mass is 16.7. The van der Waals surface area contributed by atoms with Crippen molar-refractivity contribution in [3.63, 3.8) is 0 Å². The van der Waals surface area contributed by atoms with E-state index in [0.717, 1.165) is 22.6 Å². The number of rotatable bonds is 5. The first-order chi connectivity index (χ1) is 13.2. The number of anilines is 2. The van der Waals surface area contributed by atoms with Gasteiger partial charge < -0.3 is 20.1 Å². The molecule has 0 bridgehead atoms. The number of nitrogens with zero attached hydrogens (tertiary/aromatic N) is 1. The molecule has 0 radical (unpaired) electrons. The van der Waals surface area contributed by atoms with Crippen LogP contribution >= 0.6 is 0 Å². The van der Waals surface area contributed by atoms with Gasteiger partial charge in [-0.15, -0.1) is 0 Å². The van der Waals surface area contributed by atoms with E-state index >= 15 is 0 Å². The summed E-state index contributed by atoms with van der Waals surface area (Å²) in [6.07, 6.45) is 1.56. The average molecular weight is 361 g/mol. The number of fused-ring (bicyclic) bond motifs is 1. The predicted molar refractivity (Wildman–Crippen MR) is 102 cm³/mol. The molecule has 4 rings (SSSR count). The van der Waals surface area contributed by atoms with Gasteiger partial charge >= 0.3 is 0 Å². The fraction of sp³-hybridized carbons (Fsp3) is 0.143. The van der Waals surface area contributed by atoms with Gasteiger partial charge in [0.1, 0.15) is 5.82 Å². The number of carbonyl (C=O) groups is 1. The van der Waals surface area contributed by atoms with Gasteiger partial charge in [-0.1, -0.05) is 24.3 Å². The molecular weight excluding hydrogens is 342 g/mol. The molecule has 0 atom stereocenters. The second-order valence-corrected chi connectivity index (χ2v) is 6.23. The van der Waals surface area contributed by atoms with Crippen LogP contribution in [0.15, 0.2) is 60.8 Å². The van der Waals surface area contributed by atoms with E-state index in [1.54, 1.807) is 18.3 Å². The lowest BCUT2D eigenvalue weighted by Crippen LogP contribution is -2.23. The van der Waals surface area contributed by atoms with Gasteiger partial charge in [0.15, 0.2) is 11.5 Å². The van der Waals surface area contributed by atoms with E-state index in [-0.39, 0.29) is 12.7 Å². The van der Waals surface area contributed by atoms with E-state index < -0.39 is 0 Å². The van der Waals surface area contributed by atoms with Gasteiger partial charge in [0.25, 0.3) is 5.91 Å². The lowest BCUT2D eigenvalue weighted by atomic mass is 10.1. The normalized spacial score (nSPS) is 11.9. The fourth-order valence-corrected chi connectivity index (χ4v) is 2.81. The lowest BCUT2D eigenvalue weighted by Gasteiger charge is -2.09. The molecule has 1 aliphatic rings. The van der Waals surface area contributed by atoms with Crippen LogP contribution in [0.25, 0.3) is 0 Å². The van der Waals surface area contributed by atoms with E-state index in [2.05, 4.69) is 15.6 Å². The van der Waals surface area contributed by atoms with Crippen molar-refractivity contribution in [2.45, 2.75) is 13.5 Å². The number of hydrogen-bond acceptors (Lipinski definition) is 5. The molecule has 2 heterocycles. The maximum Gasteiger partial charge on any atom is 0.253 e. The van der Waals surface area contributed by atoms with E-state index in [1.165, 1.54) is 0 Å². The maximum atomic E-state index is 12.3. The number of benzene rings is 2. The Labute approximate surface area is 157 Å². The summed E-state index contributed by atoms with van der Waals surface area (Å²) in [5.74, 6) is 1.92. The Morgan fingerprint density at radius 1 is 1.07 bits per heavy atom. The number of aromatic nitrogens is 1. The van der Waals surface area contributed by atoms with Crippen LogP contribution in [-0.2, 0) is 6.54 Å². The number of pyridine rings is 1. The summed E-state index contributed by atoms with van der Waals surface area (Å²) in [6.45, 7) is 2.76. The minimum Gasteiger partial charge on any atom is -0.454 e. The van der Waals surface area contributed by atoms with Gasteiger partial charge in [-0.3, -0.25) is 4.79 Å². The molecule has 2 aromatic carbocycles. The van der Waals surface area contributed by atoms with Crippen LogP contribution in [0, 0.1) is 6.92 Å². The van der Waals surface area contributed by atoms with Crippen LogP contribution in [0.1, 0.15) is 21.5 Å². The second-order valence-electron chi connectivity index (χ2n) is 6.23. The molecule has 1 aliphatic heterocycles. The third-order valence-electron chi connectivity index (χ3n) is 4.37. The Kier molecular flexibility index (Phi) is 4.61. The second kappa shape index (κ2) is 7.37. The molecule has 6 nitrogen and oxygen atoms in total. The van der Waals surface area contributed by atoms with Crippen LogP contribution in [0.5, 0.6) is 11.5 Å². The maximum absolute atomic E-state index is 12.3. The molecule has 0 fully saturated rings. The smallest absolute Gasteiger partial charge is 0.253 e. The minimum absolute atomic E-state index is 0.152. The summed E-state index contributed by atoms with van der Waals surface area (Å²) in [6, 6.07) is 17.1. The standard InChI is InChI=1S/C21H19N3O3/c1-14-4-2-3-5-15(14)11-23-21(25)16-6-9-20(22-12-16)24-17-7-8-18-19(10-17)27-13-26-18/h2-10,12H,11,13H2,1H3,(H,22,24)(H,23,25). The number of carbonyl (C=O) groups excluding carboxylic acids is 1. The Morgan fingerprint density at radius 2 is 1.93 bits per heavy atom. The van der Waals surface area contributed by atoms with Crippen molar-refractivity contribution < 1.29 is 14.3 Å². The Bertz CT molecular complexity index is 971. The first-order valence-electron chi connectivity index (χ1n) is 8.64. The first kappa shape index (κ1) is 16.9. The van der Waals surface area contributed by atoms with Crippen molar-refractivity contribution in [1.29, 1.82) is 0 Å². The van der Waals surface area contributed by atoms with E-state index in [1.807, 2.05) is 49.4 Å². The molecule has 27 heavy (non-hydrogen) atoms. The summed E-state index contributed by atoms with van der Waals surface area (Å²) in [5, 5.41) is 6.11. The van der Waals surface area contributed by atoms with Crippen molar-refractivity contribution in [2.75, 3.05) is 12.1 Å². The highest BCUT2D eigenvalue weighted by Gasteiger charge is 2.13. The van der Waals surface area contributed by atoms with Gasteiger partial charge in [-0.25, -0.2) is 4.98 Å². The summed E-state index contributed by atoms with van der Waals surface area (Å²) in [5.41, 5.74) is 3.60. The summed E-state index contributed by atoms with van der Waals surface area (Å²) in [4.78, 5) is 16.6. The molecule has 1 aromatic heterocycles. The topological polar surface area (TPSA) is 72.5 Å². The third kappa shape index (κ3) is 3.84. The third-order valence-corrected chi connectivity index (χ3v) is 4.37. The Hall–Kier alpha value is -3.54. The molecule has 0 unspecified atom stereocenters. The fourth-order valence-electron chi connectivity index (χ4n) is 2.81. The van der Waals surface area contributed by atoms with E-state index in [0.29, 0.717) is 23.7 Å². The number of ether oxygens (including phenoxy) is 2. The van der Waals surface area contributed by atoms with Crippen LogP contribution in [0.2, 0.25) is 0 Å². The first-order valence-corrected chi connectivity index (χ1v) is 8.64. The zero-order chi connectivity index (χ0) is 18.6. The summed E-state index contributed by atoms with van der Waals surface area (Å²) >= 11 is 0. The van der Waals surface area contributed by atoms with Gasteiger partial charge in [0.05, 0.1) is 5.56 Å². The lowest BCUT2D eigenvalue weighted by molar-refractivity contribution is 0.0950. The highest BCUT2D eigenvalue weighted by molar-refractivity contribution is 5.94. The van der Waals surface area contributed by atoms with Crippen molar-refractivity contribution >= 4 is 17.4 Å². The molecule has 0 aliphatic carbocycles. The average Bonchev–Trinajstić information content (AvgIpc) is 3.15. The van der Waals surface area contributed by atoms with E-state index in [4.69, 9.17) is 9.47 Å². The number of aryl methyl sites for hydroxylation is 1. The number of nitrogens with one attached hydrogen (secondary N) is 2.